The lowest BCUT2D eigenvalue weighted by Crippen LogP contribution is -2.46. The number of phenols is 1. The number of carbonyl (C=O) groups is 2. The molecule has 2 aliphatic heterocycles. The van der Waals surface area contributed by atoms with Crippen LogP contribution in [0, 0.1) is 27.9 Å². The van der Waals surface area contributed by atoms with Gasteiger partial charge in [-0.15, -0.1) is 0 Å². The summed E-state index contributed by atoms with van der Waals surface area (Å²) in [7, 11) is -1.06. The van der Waals surface area contributed by atoms with Crippen LogP contribution in [0.15, 0.2) is 65.3 Å². The van der Waals surface area contributed by atoms with Gasteiger partial charge >= 0.3 is 7.12 Å². The van der Waals surface area contributed by atoms with E-state index in [1.807, 2.05) is 19.1 Å². The molecule has 2 aromatic carbocycles. The number of aromatic hydroxyl groups is 1. The Morgan fingerprint density at radius 1 is 1.12 bits per heavy atom. The predicted molar refractivity (Wildman–Crippen MR) is 156 cm³/mol. The minimum Gasteiger partial charge on any atom is -0.508 e. The van der Waals surface area contributed by atoms with Crippen LogP contribution < -0.4 is 4.90 Å². The number of hydrogen-bond donors (Lipinski definition) is 2. The molecule has 10 heteroatoms. The monoisotopic (exact) mass is 558 g/mol. The lowest BCUT2D eigenvalue weighted by atomic mass is 9.58. The first kappa shape index (κ1) is 28.8. The first-order valence-corrected chi connectivity index (χ1v) is 14.4. The highest BCUT2D eigenvalue weighted by Gasteiger charge is 2.57. The van der Waals surface area contributed by atoms with Gasteiger partial charge in [0.2, 0.25) is 11.8 Å². The highest BCUT2D eigenvalue weighted by molar-refractivity contribution is 6.43. The Balaban J connectivity index is 1.43. The smallest absolute Gasteiger partial charge is 0.455 e. The van der Waals surface area contributed by atoms with Gasteiger partial charge in [0.1, 0.15) is 5.75 Å². The normalized spacial score (nSPS) is 24.5. The number of rotatable bonds is 9. The van der Waals surface area contributed by atoms with Crippen molar-refractivity contribution in [1.29, 1.82) is 0 Å². The molecule has 0 spiro atoms. The summed E-state index contributed by atoms with van der Waals surface area (Å²) in [6, 6.07) is 12.7. The number of hydrogen-bond acceptors (Lipinski definition) is 7. The molecule has 4 atom stereocenters. The van der Waals surface area contributed by atoms with Crippen LogP contribution in [0.2, 0.25) is 6.32 Å². The number of fused-ring (bicyclic) bond motifs is 3. The quantitative estimate of drug-likeness (QED) is 0.133. The number of nitro benzene ring substituents is 1. The van der Waals surface area contributed by atoms with Crippen LogP contribution in [0.4, 0.5) is 11.4 Å². The Kier molecular flexibility index (Phi) is 8.42. The largest absolute Gasteiger partial charge is 0.508 e. The van der Waals surface area contributed by atoms with Gasteiger partial charge in [0.05, 0.1) is 28.6 Å². The van der Waals surface area contributed by atoms with Gasteiger partial charge in [-0.1, -0.05) is 55.7 Å². The predicted octanol–water partition coefficient (Wildman–Crippen LogP) is 5.68. The first-order chi connectivity index (χ1) is 19.7. The van der Waals surface area contributed by atoms with Crippen molar-refractivity contribution in [1.82, 2.24) is 0 Å². The van der Waals surface area contributed by atoms with E-state index in [1.165, 1.54) is 23.8 Å². The number of allylic oxidation sites excluding steroid dienone is 2. The van der Waals surface area contributed by atoms with Crippen LogP contribution in [-0.4, -0.2) is 40.1 Å². The van der Waals surface area contributed by atoms with E-state index in [0.29, 0.717) is 19.3 Å². The molecule has 1 aliphatic carbocycles. The highest BCUT2D eigenvalue weighted by Crippen LogP contribution is 2.52. The van der Waals surface area contributed by atoms with E-state index in [-0.39, 0.29) is 47.3 Å². The molecule has 2 fully saturated rings. The number of phenolic OH excluding ortho intramolecular Hbond substituents is 1. The number of anilines is 1. The van der Waals surface area contributed by atoms with Crippen molar-refractivity contribution in [2.24, 2.45) is 17.8 Å². The standard InChI is InChI=1S/C31H35BN2O7/c1-3-7-19(14-20-8-5-11-24(35)15-20)12-13-27-28-21(4-2)16-25-29(26(28)18-32(38)41-27)31(37)33(30(25)36)22-9-6-10-23(17-22)34(39)40/h5-6,8-11,14-15,17,25-27,29,35,38H,3-4,7,12-13,16,18H2,1-2H3/b19-14+/t25-,26+,27-,29-/m1/s1. The fourth-order valence-electron chi connectivity index (χ4n) is 6.86. The van der Waals surface area contributed by atoms with Crippen molar-refractivity contribution >= 4 is 36.4 Å². The number of nitro groups is 1. The third kappa shape index (κ3) is 5.71. The maximum absolute atomic E-state index is 13.8. The van der Waals surface area contributed by atoms with Crippen molar-refractivity contribution in [2.75, 3.05) is 4.90 Å². The van der Waals surface area contributed by atoms with Gasteiger partial charge in [0.25, 0.3) is 5.69 Å². The van der Waals surface area contributed by atoms with Gasteiger partial charge in [-0.3, -0.25) is 19.7 Å². The third-order valence-electron chi connectivity index (χ3n) is 8.57. The van der Waals surface area contributed by atoms with Crippen LogP contribution >= 0.6 is 0 Å². The number of nitrogens with zero attached hydrogens (tertiary/aromatic N) is 2. The summed E-state index contributed by atoms with van der Waals surface area (Å²) in [4.78, 5) is 39.4. The zero-order valence-corrected chi connectivity index (χ0v) is 23.4. The Bertz CT molecular complexity index is 1420. The molecule has 214 valence electrons. The number of carbonyl (C=O) groups excluding carboxylic acids is 2. The summed E-state index contributed by atoms with van der Waals surface area (Å²) < 4.78 is 6.10. The average molecular weight is 558 g/mol. The Morgan fingerprint density at radius 3 is 2.61 bits per heavy atom. The molecule has 2 aromatic rings. The molecule has 0 bridgehead atoms. The number of imide groups is 1. The second-order valence-electron chi connectivity index (χ2n) is 11.1. The summed E-state index contributed by atoms with van der Waals surface area (Å²) in [5, 5.41) is 32.0. The molecule has 0 radical (unpaired) electrons. The Labute approximate surface area is 239 Å². The lowest BCUT2D eigenvalue weighted by molar-refractivity contribution is -0.384. The fraction of sp³-hybridized carbons (Fsp3) is 0.419. The highest BCUT2D eigenvalue weighted by atomic mass is 16.6. The number of amides is 2. The molecule has 3 aliphatic rings. The molecule has 2 amide bonds. The molecule has 2 heterocycles. The maximum Gasteiger partial charge on any atom is 0.455 e. The lowest BCUT2D eigenvalue weighted by Gasteiger charge is -2.43. The average Bonchev–Trinajstić information content (AvgIpc) is 3.20. The molecule has 2 saturated heterocycles. The summed E-state index contributed by atoms with van der Waals surface area (Å²) >= 11 is 0. The van der Waals surface area contributed by atoms with E-state index in [9.17, 15) is 29.8 Å². The molecular formula is C31H35BN2O7. The van der Waals surface area contributed by atoms with Gasteiger partial charge in [0.15, 0.2) is 0 Å². The van der Waals surface area contributed by atoms with Gasteiger partial charge in [-0.25, -0.2) is 4.90 Å². The van der Waals surface area contributed by atoms with E-state index in [2.05, 4.69) is 13.0 Å². The van der Waals surface area contributed by atoms with Gasteiger partial charge in [0, 0.05) is 12.1 Å². The Morgan fingerprint density at radius 2 is 1.90 bits per heavy atom. The van der Waals surface area contributed by atoms with Crippen LogP contribution in [-0.2, 0) is 14.2 Å². The van der Waals surface area contributed by atoms with Crippen LogP contribution in [0.1, 0.15) is 57.9 Å². The summed E-state index contributed by atoms with van der Waals surface area (Å²) in [6.45, 7) is 4.15. The second-order valence-corrected chi connectivity index (χ2v) is 11.1. The zero-order valence-electron chi connectivity index (χ0n) is 23.4. The second kappa shape index (κ2) is 12.0. The van der Waals surface area contributed by atoms with Crippen LogP contribution in [0.25, 0.3) is 6.08 Å². The van der Waals surface area contributed by atoms with Crippen LogP contribution in [0.3, 0.4) is 0 Å². The van der Waals surface area contributed by atoms with Crippen molar-refractivity contribution < 1.29 is 29.3 Å². The van der Waals surface area contributed by atoms with Crippen LogP contribution in [0.5, 0.6) is 5.75 Å². The maximum atomic E-state index is 13.8. The van der Waals surface area contributed by atoms with Gasteiger partial charge in [-0.05, 0) is 73.7 Å². The van der Waals surface area contributed by atoms with E-state index >= 15 is 0 Å². The van der Waals surface area contributed by atoms with Crippen molar-refractivity contribution in [3.63, 3.8) is 0 Å². The molecule has 9 nitrogen and oxygen atoms in total. The summed E-state index contributed by atoms with van der Waals surface area (Å²) in [6.07, 6.45) is 6.21. The van der Waals surface area contributed by atoms with Crippen molar-refractivity contribution in [2.45, 2.75) is 64.8 Å². The molecule has 0 unspecified atom stereocenters. The molecule has 0 saturated carbocycles. The molecule has 2 N–H and O–H groups in total. The molecule has 41 heavy (non-hydrogen) atoms. The van der Waals surface area contributed by atoms with Gasteiger partial charge < -0.3 is 14.8 Å². The van der Waals surface area contributed by atoms with Gasteiger partial charge in [-0.2, -0.15) is 0 Å². The minimum atomic E-state index is -1.06. The number of non-ortho nitro benzene ring substituents is 1. The molecule has 5 rings (SSSR count). The van der Waals surface area contributed by atoms with Crippen molar-refractivity contribution in [3.05, 3.63) is 80.9 Å². The summed E-state index contributed by atoms with van der Waals surface area (Å²) in [5.41, 5.74) is 4.25. The topological polar surface area (TPSA) is 130 Å². The van der Waals surface area contributed by atoms with E-state index in [1.54, 1.807) is 18.2 Å². The van der Waals surface area contributed by atoms with E-state index < -0.39 is 23.9 Å². The van der Waals surface area contributed by atoms with E-state index in [4.69, 9.17) is 4.65 Å². The molecular weight excluding hydrogens is 523 g/mol. The zero-order chi connectivity index (χ0) is 29.3. The summed E-state index contributed by atoms with van der Waals surface area (Å²) in [5.74, 6) is -2.07. The van der Waals surface area contributed by atoms with Crippen molar-refractivity contribution in [3.8, 4) is 5.75 Å². The minimum absolute atomic E-state index is 0.186. The SMILES string of the molecule is CCC/C(=C\c1cccc(O)c1)CC[C@H]1OB(O)C[C@H]2C1=C(CC)C[C@H]1C(=O)N(c3cccc([N+](=O)[O-])c3)C(=O)[C@H]12. The first-order valence-electron chi connectivity index (χ1n) is 14.4. The Hall–Kier alpha value is -3.76. The van der Waals surface area contributed by atoms with E-state index in [0.717, 1.165) is 40.9 Å². The molecule has 0 aromatic heterocycles. The third-order valence-corrected chi connectivity index (χ3v) is 8.57. The number of benzene rings is 2. The fourth-order valence-corrected chi connectivity index (χ4v) is 6.86.